The second kappa shape index (κ2) is 6.95. The lowest BCUT2D eigenvalue weighted by Gasteiger charge is -2.07. The Balaban J connectivity index is 2.16. The van der Waals surface area contributed by atoms with E-state index in [1.807, 2.05) is 23.6 Å². The topological polar surface area (TPSA) is 87.3 Å². The van der Waals surface area contributed by atoms with Crippen molar-refractivity contribution in [3.05, 3.63) is 57.6 Å². The largest absolute Gasteiger partial charge is 0.462 e. The van der Waals surface area contributed by atoms with Gasteiger partial charge in [0, 0.05) is 23.7 Å². The van der Waals surface area contributed by atoms with Crippen molar-refractivity contribution in [2.75, 3.05) is 6.61 Å². The predicted molar refractivity (Wildman–Crippen MR) is 98.2 cm³/mol. The zero-order valence-electron chi connectivity index (χ0n) is 14.9. The molecule has 1 heterocycles. The Morgan fingerprint density at radius 1 is 1.23 bits per heavy atom. The van der Waals surface area contributed by atoms with E-state index in [1.54, 1.807) is 32.0 Å². The standard InChI is InChI=1S/C19H19N3O4/c1-4-21-16-9-8-14(19(23)26-5-2)10-15(16)20-18(21)13-7-6-12(3)17(11-13)22(24)25/h6-11H,4-5H2,1-3H3. The number of carbonyl (C=O) groups excluding carboxylic acids is 1. The lowest BCUT2D eigenvalue weighted by Crippen LogP contribution is -2.04. The number of ether oxygens (including phenoxy) is 1. The highest BCUT2D eigenvalue weighted by molar-refractivity contribution is 5.94. The smallest absolute Gasteiger partial charge is 0.338 e. The summed E-state index contributed by atoms with van der Waals surface area (Å²) in [6, 6.07) is 10.3. The predicted octanol–water partition coefficient (Wildman–Crippen LogP) is 4.12. The van der Waals surface area contributed by atoms with Crippen LogP contribution in [0.5, 0.6) is 0 Å². The maximum Gasteiger partial charge on any atom is 0.338 e. The van der Waals surface area contributed by atoms with E-state index >= 15 is 0 Å². The molecule has 0 aliphatic heterocycles. The van der Waals surface area contributed by atoms with Crippen molar-refractivity contribution >= 4 is 22.7 Å². The minimum Gasteiger partial charge on any atom is -0.462 e. The number of nitro groups is 1. The molecule has 3 rings (SSSR count). The molecule has 3 aromatic rings. The van der Waals surface area contributed by atoms with Crippen LogP contribution in [0.15, 0.2) is 36.4 Å². The Kier molecular flexibility index (Phi) is 4.71. The minimum absolute atomic E-state index is 0.0596. The number of esters is 1. The molecule has 0 radical (unpaired) electrons. The molecule has 0 saturated heterocycles. The van der Waals surface area contributed by atoms with Crippen molar-refractivity contribution in [1.82, 2.24) is 9.55 Å². The van der Waals surface area contributed by atoms with Crippen LogP contribution in [0.2, 0.25) is 0 Å². The molecule has 0 saturated carbocycles. The maximum absolute atomic E-state index is 11.9. The van der Waals surface area contributed by atoms with E-state index in [0.29, 0.717) is 41.2 Å². The van der Waals surface area contributed by atoms with Gasteiger partial charge in [0.1, 0.15) is 5.82 Å². The molecule has 134 valence electrons. The molecule has 0 aliphatic rings. The first-order valence-electron chi connectivity index (χ1n) is 8.39. The van der Waals surface area contributed by atoms with E-state index in [1.165, 1.54) is 6.07 Å². The third kappa shape index (κ3) is 3.03. The van der Waals surface area contributed by atoms with Crippen molar-refractivity contribution in [2.24, 2.45) is 0 Å². The van der Waals surface area contributed by atoms with Crippen LogP contribution in [0, 0.1) is 17.0 Å². The van der Waals surface area contributed by atoms with Gasteiger partial charge in [-0.15, -0.1) is 0 Å². The van der Waals surface area contributed by atoms with Gasteiger partial charge in [0.05, 0.1) is 28.1 Å². The summed E-state index contributed by atoms with van der Waals surface area (Å²) >= 11 is 0. The fourth-order valence-electron chi connectivity index (χ4n) is 2.96. The van der Waals surface area contributed by atoms with Crippen LogP contribution in [0.4, 0.5) is 5.69 Å². The Bertz CT molecular complexity index is 1010. The average molecular weight is 353 g/mol. The molecule has 0 bridgehead atoms. The highest BCUT2D eigenvalue weighted by Crippen LogP contribution is 2.29. The molecule has 1 aromatic heterocycles. The fraction of sp³-hybridized carbons (Fsp3) is 0.263. The summed E-state index contributed by atoms with van der Waals surface area (Å²) < 4.78 is 7.00. The lowest BCUT2D eigenvalue weighted by molar-refractivity contribution is -0.385. The number of aromatic nitrogens is 2. The van der Waals surface area contributed by atoms with Crippen LogP contribution in [0.1, 0.15) is 29.8 Å². The van der Waals surface area contributed by atoms with E-state index in [-0.39, 0.29) is 5.69 Å². The maximum atomic E-state index is 11.9. The summed E-state index contributed by atoms with van der Waals surface area (Å²) in [6.07, 6.45) is 0. The number of hydrogen-bond acceptors (Lipinski definition) is 5. The second-order valence-electron chi connectivity index (χ2n) is 5.86. The van der Waals surface area contributed by atoms with Gasteiger partial charge < -0.3 is 9.30 Å². The molecule has 0 N–H and O–H groups in total. The van der Waals surface area contributed by atoms with Gasteiger partial charge in [0.2, 0.25) is 0 Å². The van der Waals surface area contributed by atoms with Crippen molar-refractivity contribution in [3.63, 3.8) is 0 Å². The van der Waals surface area contributed by atoms with Gasteiger partial charge in [-0.3, -0.25) is 10.1 Å². The summed E-state index contributed by atoms with van der Waals surface area (Å²) in [5.41, 5.74) is 3.26. The Morgan fingerprint density at radius 3 is 2.65 bits per heavy atom. The number of fused-ring (bicyclic) bond motifs is 1. The van der Waals surface area contributed by atoms with Gasteiger partial charge in [-0.05, 0) is 39.0 Å². The van der Waals surface area contributed by atoms with E-state index in [2.05, 4.69) is 4.98 Å². The molecular formula is C19H19N3O4. The number of benzene rings is 2. The molecule has 26 heavy (non-hydrogen) atoms. The molecule has 0 aliphatic carbocycles. The van der Waals surface area contributed by atoms with Crippen molar-refractivity contribution < 1.29 is 14.5 Å². The Hall–Kier alpha value is -3.22. The van der Waals surface area contributed by atoms with Crippen LogP contribution in [-0.4, -0.2) is 27.1 Å². The lowest BCUT2D eigenvalue weighted by atomic mass is 10.1. The zero-order valence-corrected chi connectivity index (χ0v) is 14.9. The number of hydrogen-bond donors (Lipinski definition) is 0. The third-order valence-corrected chi connectivity index (χ3v) is 4.24. The Labute approximate surface area is 150 Å². The van der Waals surface area contributed by atoms with Gasteiger partial charge >= 0.3 is 5.97 Å². The van der Waals surface area contributed by atoms with Crippen molar-refractivity contribution in [3.8, 4) is 11.4 Å². The van der Waals surface area contributed by atoms with Gasteiger partial charge in [-0.1, -0.05) is 12.1 Å². The van der Waals surface area contributed by atoms with E-state index in [4.69, 9.17) is 4.74 Å². The van der Waals surface area contributed by atoms with Crippen LogP contribution in [0.3, 0.4) is 0 Å². The van der Waals surface area contributed by atoms with Crippen LogP contribution in [-0.2, 0) is 11.3 Å². The average Bonchev–Trinajstić information content (AvgIpc) is 2.99. The van der Waals surface area contributed by atoms with E-state index in [9.17, 15) is 14.9 Å². The highest BCUT2D eigenvalue weighted by Gasteiger charge is 2.18. The molecule has 0 amide bonds. The SMILES string of the molecule is CCOC(=O)c1ccc2c(c1)nc(-c1ccc(C)c([N+](=O)[O-])c1)n2CC. The first kappa shape index (κ1) is 17.6. The third-order valence-electron chi connectivity index (χ3n) is 4.24. The molecule has 0 unspecified atom stereocenters. The van der Waals surface area contributed by atoms with Gasteiger partial charge in [0.25, 0.3) is 5.69 Å². The molecule has 0 atom stereocenters. The second-order valence-corrected chi connectivity index (χ2v) is 5.86. The van der Waals surface area contributed by atoms with Crippen LogP contribution < -0.4 is 0 Å². The van der Waals surface area contributed by atoms with E-state index < -0.39 is 10.9 Å². The monoisotopic (exact) mass is 353 g/mol. The zero-order chi connectivity index (χ0) is 18.8. The van der Waals surface area contributed by atoms with Crippen molar-refractivity contribution in [2.45, 2.75) is 27.3 Å². The summed E-state index contributed by atoms with van der Waals surface area (Å²) in [5.74, 6) is 0.236. The van der Waals surface area contributed by atoms with Crippen LogP contribution in [0.25, 0.3) is 22.4 Å². The highest BCUT2D eigenvalue weighted by atomic mass is 16.6. The molecule has 0 fully saturated rings. The Morgan fingerprint density at radius 2 is 2.00 bits per heavy atom. The van der Waals surface area contributed by atoms with Crippen molar-refractivity contribution in [1.29, 1.82) is 0 Å². The molecule has 2 aromatic carbocycles. The molecule has 7 nitrogen and oxygen atoms in total. The number of carbonyl (C=O) groups is 1. The number of nitrogens with zero attached hydrogens (tertiary/aromatic N) is 3. The molecule has 7 heteroatoms. The fourth-order valence-corrected chi connectivity index (χ4v) is 2.96. The number of rotatable bonds is 5. The summed E-state index contributed by atoms with van der Waals surface area (Å²) in [7, 11) is 0. The van der Waals surface area contributed by atoms with Crippen LogP contribution >= 0.6 is 0 Å². The van der Waals surface area contributed by atoms with Gasteiger partial charge in [0.15, 0.2) is 0 Å². The van der Waals surface area contributed by atoms with Gasteiger partial charge in [-0.2, -0.15) is 0 Å². The quantitative estimate of drug-likeness (QED) is 0.391. The minimum atomic E-state index is -0.395. The summed E-state index contributed by atoms with van der Waals surface area (Å²) in [4.78, 5) is 27.4. The summed E-state index contributed by atoms with van der Waals surface area (Å²) in [6.45, 7) is 6.39. The van der Waals surface area contributed by atoms with E-state index in [0.717, 1.165) is 5.52 Å². The normalized spacial score (nSPS) is 10.9. The summed E-state index contributed by atoms with van der Waals surface area (Å²) in [5, 5.41) is 11.2. The number of aryl methyl sites for hydroxylation is 2. The van der Waals surface area contributed by atoms with Gasteiger partial charge in [-0.25, -0.2) is 9.78 Å². The number of imidazole rings is 1. The number of nitro benzene ring substituents is 1. The first-order chi connectivity index (χ1) is 12.5. The first-order valence-corrected chi connectivity index (χ1v) is 8.39. The molecule has 0 spiro atoms. The molecular weight excluding hydrogens is 334 g/mol.